The Balaban J connectivity index is 2.90. The van der Waals surface area contributed by atoms with Crippen LogP contribution in [0.1, 0.15) is 5.56 Å². The summed E-state index contributed by atoms with van der Waals surface area (Å²) in [5.41, 5.74) is 0.231. The molecule has 0 bridgehead atoms. The molecule has 1 aromatic carbocycles. The van der Waals surface area contributed by atoms with Crippen molar-refractivity contribution in [1.82, 2.24) is 0 Å². The number of halogens is 5. The highest BCUT2D eigenvalue weighted by atomic mass is 35.5. The molecule has 0 aliphatic carbocycles. The Morgan fingerprint density at radius 1 is 1.33 bits per heavy atom. The molecule has 15 heavy (non-hydrogen) atoms. The summed E-state index contributed by atoms with van der Waals surface area (Å²) in [6, 6.07) is 4.28. The van der Waals surface area contributed by atoms with Gasteiger partial charge in [-0.1, -0.05) is 23.2 Å². The molecular weight excluding hydrogens is 268 g/mol. The Morgan fingerprint density at radius 3 is 2.47 bits per heavy atom. The highest BCUT2D eigenvalue weighted by Gasteiger charge is 2.35. The first-order valence-corrected chi connectivity index (χ1v) is 4.98. The zero-order valence-electron chi connectivity index (χ0n) is 7.24. The van der Waals surface area contributed by atoms with Gasteiger partial charge in [0, 0.05) is 16.5 Å². The Labute approximate surface area is 99.9 Å². The number of carbonyl (C=O) groups is 1. The van der Waals surface area contributed by atoms with Gasteiger partial charge in [0.25, 0.3) is 0 Å². The fourth-order valence-electron chi connectivity index (χ4n) is 0.952. The fourth-order valence-corrected chi connectivity index (χ4v) is 1.40. The van der Waals surface area contributed by atoms with Gasteiger partial charge >= 0.3 is 5.38 Å². The topological polar surface area (TPSA) is 17.1 Å². The van der Waals surface area contributed by atoms with Crippen LogP contribution in [-0.2, 0) is 11.2 Å². The standard InChI is InChI=1S/C9H5Cl3F2O/c10-6-1-2-7(11)5(3-6)4-8(15)9(12,13)14/h1-3H,4H2. The van der Waals surface area contributed by atoms with E-state index >= 15 is 0 Å². The highest BCUT2D eigenvalue weighted by Crippen LogP contribution is 2.26. The first-order chi connectivity index (χ1) is 6.80. The van der Waals surface area contributed by atoms with Crippen molar-refractivity contribution >= 4 is 40.6 Å². The van der Waals surface area contributed by atoms with E-state index in [1.807, 2.05) is 0 Å². The summed E-state index contributed by atoms with van der Waals surface area (Å²) in [5.74, 6) is -1.41. The van der Waals surface area contributed by atoms with Gasteiger partial charge in [0.1, 0.15) is 0 Å². The van der Waals surface area contributed by atoms with E-state index in [-0.39, 0.29) is 10.6 Å². The summed E-state index contributed by atoms with van der Waals surface area (Å²) in [7, 11) is 0. The van der Waals surface area contributed by atoms with E-state index < -0.39 is 17.6 Å². The van der Waals surface area contributed by atoms with Gasteiger partial charge in [-0.3, -0.25) is 4.79 Å². The van der Waals surface area contributed by atoms with E-state index in [2.05, 4.69) is 11.6 Å². The molecule has 0 fully saturated rings. The first-order valence-electron chi connectivity index (χ1n) is 3.84. The van der Waals surface area contributed by atoms with Crippen LogP contribution in [0.15, 0.2) is 18.2 Å². The van der Waals surface area contributed by atoms with E-state index in [0.29, 0.717) is 5.02 Å². The Kier molecular flexibility index (Phi) is 3.93. The molecule has 6 heteroatoms. The molecule has 0 saturated carbocycles. The smallest absolute Gasteiger partial charge is 0.291 e. The molecule has 0 atom stereocenters. The van der Waals surface area contributed by atoms with Crippen LogP contribution in [0.2, 0.25) is 10.0 Å². The molecule has 0 aliphatic heterocycles. The van der Waals surface area contributed by atoms with Crippen molar-refractivity contribution in [3.63, 3.8) is 0 Å². The number of carbonyl (C=O) groups excluding carboxylic acids is 1. The van der Waals surface area contributed by atoms with Gasteiger partial charge in [-0.05, 0) is 35.4 Å². The number of benzene rings is 1. The van der Waals surface area contributed by atoms with E-state index in [9.17, 15) is 13.6 Å². The minimum absolute atomic E-state index is 0.202. The van der Waals surface area contributed by atoms with E-state index in [0.717, 1.165) is 0 Å². The molecular formula is C9H5Cl3F2O. The van der Waals surface area contributed by atoms with Crippen LogP contribution in [0, 0.1) is 0 Å². The largest absolute Gasteiger partial charge is 0.380 e. The summed E-state index contributed by atoms with van der Waals surface area (Å²) in [6.07, 6.45) is -0.546. The minimum Gasteiger partial charge on any atom is -0.291 e. The van der Waals surface area contributed by atoms with E-state index in [1.165, 1.54) is 18.2 Å². The number of hydrogen-bond donors (Lipinski definition) is 0. The summed E-state index contributed by atoms with van der Waals surface area (Å²) in [6.45, 7) is 0. The molecule has 0 unspecified atom stereocenters. The summed E-state index contributed by atoms with van der Waals surface area (Å²) in [5, 5.41) is -3.35. The van der Waals surface area contributed by atoms with Crippen LogP contribution >= 0.6 is 34.8 Å². The van der Waals surface area contributed by atoms with Crippen LogP contribution in [0.4, 0.5) is 8.78 Å². The lowest BCUT2D eigenvalue weighted by molar-refractivity contribution is -0.132. The summed E-state index contributed by atoms with van der Waals surface area (Å²) < 4.78 is 24.7. The van der Waals surface area contributed by atoms with Crippen molar-refractivity contribution in [2.24, 2.45) is 0 Å². The van der Waals surface area contributed by atoms with Gasteiger partial charge in [-0.15, -0.1) is 0 Å². The maximum Gasteiger partial charge on any atom is 0.380 e. The van der Waals surface area contributed by atoms with Gasteiger partial charge in [0.2, 0.25) is 5.78 Å². The molecule has 0 aliphatic rings. The molecule has 0 spiro atoms. The lowest BCUT2D eigenvalue weighted by Gasteiger charge is -2.07. The van der Waals surface area contributed by atoms with Gasteiger partial charge in [-0.25, -0.2) is 0 Å². The Bertz CT molecular complexity index is 387. The SMILES string of the molecule is O=C(Cc1cc(Cl)ccc1Cl)C(F)(F)Cl. The molecule has 0 heterocycles. The summed E-state index contributed by atoms with van der Waals surface area (Å²) >= 11 is 15.9. The second kappa shape index (κ2) is 4.64. The van der Waals surface area contributed by atoms with Crippen LogP contribution < -0.4 is 0 Å². The van der Waals surface area contributed by atoms with Crippen molar-refractivity contribution in [3.05, 3.63) is 33.8 Å². The maximum atomic E-state index is 12.4. The fraction of sp³-hybridized carbons (Fsp3) is 0.222. The van der Waals surface area contributed by atoms with Crippen LogP contribution in [0.5, 0.6) is 0 Å². The van der Waals surface area contributed by atoms with E-state index in [4.69, 9.17) is 23.2 Å². The lowest BCUT2D eigenvalue weighted by atomic mass is 10.1. The predicted octanol–water partition coefficient (Wildman–Crippen LogP) is 3.94. The van der Waals surface area contributed by atoms with Crippen molar-refractivity contribution in [3.8, 4) is 0 Å². The Hall–Kier alpha value is -0.380. The molecule has 82 valence electrons. The number of alkyl halides is 3. The number of hydrogen-bond acceptors (Lipinski definition) is 1. The van der Waals surface area contributed by atoms with Crippen LogP contribution in [0.3, 0.4) is 0 Å². The average molecular weight is 273 g/mol. The second-order valence-corrected chi connectivity index (χ2v) is 4.15. The zero-order chi connectivity index (χ0) is 11.6. The molecule has 1 nitrogen and oxygen atoms in total. The molecule has 0 aromatic heterocycles. The first kappa shape index (κ1) is 12.7. The third kappa shape index (κ3) is 3.59. The van der Waals surface area contributed by atoms with Gasteiger partial charge in [-0.2, -0.15) is 8.78 Å². The molecule has 0 amide bonds. The maximum absolute atomic E-state index is 12.4. The Morgan fingerprint density at radius 2 is 1.93 bits per heavy atom. The van der Waals surface area contributed by atoms with Gasteiger partial charge < -0.3 is 0 Å². The quantitative estimate of drug-likeness (QED) is 0.763. The molecule has 0 radical (unpaired) electrons. The van der Waals surface area contributed by atoms with Crippen molar-refractivity contribution in [2.45, 2.75) is 11.8 Å². The second-order valence-electron chi connectivity index (χ2n) is 2.83. The monoisotopic (exact) mass is 272 g/mol. The predicted molar refractivity (Wildman–Crippen MR) is 56.0 cm³/mol. The molecule has 0 N–H and O–H groups in total. The van der Waals surface area contributed by atoms with Crippen molar-refractivity contribution < 1.29 is 13.6 Å². The number of ketones is 1. The van der Waals surface area contributed by atoms with Gasteiger partial charge in [0.05, 0.1) is 0 Å². The van der Waals surface area contributed by atoms with Gasteiger partial charge in [0.15, 0.2) is 0 Å². The lowest BCUT2D eigenvalue weighted by Crippen LogP contribution is -2.23. The minimum atomic E-state index is -3.87. The zero-order valence-corrected chi connectivity index (χ0v) is 9.51. The van der Waals surface area contributed by atoms with E-state index in [1.54, 1.807) is 0 Å². The molecule has 1 rings (SSSR count). The van der Waals surface area contributed by atoms with Crippen molar-refractivity contribution in [1.29, 1.82) is 0 Å². The average Bonchev–Trinajstić information content (AvgIpc) is 2.09. The third-order valence-electron chi connectivity index (χ3n) is 1.67. The number of rotatable bonds is 3. The van der Waals surface area contributed by atoms with Crippen LogP contribution in [-0.4, -0.2) is 11.2 Å². The molecule has 1 aromatic rings. The molecule has 0 saturated heterocycles. The van der Waals surface area contributed by atoms with Crippen LogP contribution in [0.25, 0.3) is 0 Å². The normalized spacial score (nSPS) is 11.5. The highest BCUT2D eigenvalue weighted by molar-refractivity contribution is 6.35. The summed E-state index contributed by atoms with van der Waals surface area (Å²) in [4.78, 5) is 10.9. The third-order valence-corrected chi connectivity index (χ3v) is 2.49. The van der Waals surface area contributed by atoms with Crippen molar-refractivity contribution in [2.75, 3.05) is 0 Å². The number of Topliss-reactive ketones (excluding diaryl/α,β-unsaturated/α-hetero) is 1.